The standard InChI is InChI=1S/C21H24ClN3O3S/c1-16-4-6-17(7-5-16)21-14-18(15-26-13-3-2-12-22)24-25(21)19-8-10-20(11-9-19)29-28-27-23/h4-11,14H,2-3,12-13,15,23H2,1H3. The van der Waals surface area contributed by atoms with Crippen molar-refractivity contribution in [3.8, 4) is 16.9 Å². The number of unbranched alkanes of at least 4 members (excludes halogenated alkanes) is 1. The molecule has 8 heteroatoms. The van der Waals surface area contributed by atoms with Crippen molar-refractivity contribution in [3.05, 3.63) is 65.9 Å². The number of halogens is 1. The third kappa shape index (κ3) is 6.30. The van der Waals surface area contributed by atoms with Gasteiger partial charge in [0, 0.05) is 22.9 Å². The fourth-order valence-electron chi connectivity index (χ4n) is 2.80. The first-order valence-corrected chi connectivity index (χ1v) is 10.6. The molecule has 0 saturated carbocycles. The highest BCUT2D eigenvalue weighted by Crippen LogP contribution is 2.27. The lowest BCUT2D eigenvalue weighted by Gasteiger charge is -2.08. The van der Waals surface area contributed by atoms with E-state index in [1.807, 2.05) is 28.9 Å². The molecule has 154 valence electrons. The van der Waals surface area contributed by atoms with Crippen molar-refractivity contribution < 1.29 is 14.1 Å². The van der Waals surface area contributed by atoms with Crippen molar-refractivity contribution in [1.82, 2.24) is 9.78 Å². The van der Waals surface area contributed by atoms with Crippen molar-refractivity contribution in [1.29, 1.82) is 0 Å². The lowest BCUT2D eigenvalue weighted by Crippen LogP contribution is -2.01. The number of aromatic nitrogens is 2. The molecule has 0 aliphatic carbocycles. The number of ether oxygens (including phenoxy) is 1. The Morgan fingerprint density at radius 1 is 1.07 bits per heavy atom. The second kappa shape index (κ2) is 11.3. The van der Waals surface area contributed by atoms with Crippen molar-refractivity contribution >= 4 is 23.6 Å². The average molecular weight is 434 g/mol. The predicted octanol–water partition coefficient (Wildman–Crippen LogP) is 5.21. The van der Waals surface area contributed by atoms with Gasteiger partial charge in [0.25, 0.3) is 0 Å². The summed E-state index contributed by atoms with van der Waals surface area (Å²) in [7, 11) is 0. The minimum atomic E-state index is 0.462. The largest absolute Gasteiger partial charge is 0.375 e. The van der Waals surface area contributed by atoms with E-state index in [9.17, 15) is 0 Å². The molecule has 1 aromatic heterocycles. The van der Waals surface area contributed by atoms with E-state index in [2.05, 4.69) is 42.2 Å². The molecule has 0 bridgehead atoms. The molecule has 0 unspecified atom stereocenters. The summed E-state index contributed by atoms with van der Waals surface area (Å²) >= 11 is 6.76. The Morgan fingerprint density at radius 2 is 1.83 bits per heavy atom. The van der Waals surface area contributed by atoms with Gasteiger partial charge in [-0.2, -0.15) is 11.0 Å². The fourth-order valence-corrected chi connectivity index (χ4v) is 3.36. The van der Waals surface area contributed by atoms with E-state index in [1.165, 1.54) is 5.56 Å². The van der Waals surface area contributed by atoms with E-state index in [0.717, 1.165) is 52.4 Å². The average Bonchev–Trinajstić information content (AvgIpc) is 3.17. The summed E-state index contributed by atoms with van der Waals surface area (Å²) in [5, 5.41) is 4.77. The monoisotopic (exact) mass is 433 g/mol. The normalized spacial score (nSPS) is 11.1. The molecule has 3 aromatic rings. The molecule has 0 amide bonds. The van der Waals surface area contributed by atoms with Gasteiger partial charge < -0.3 is 4.74 Å². The number of hydrogen-bond acceptors (Lipinski definition) is 6. The lowest BCUT2D eigenvalue weighted by molar-refractivity contribution is -0.195. The first kappa shape index (κ1) is 21.8. The van der Waals surface area contributed by atoms with Gasteiger partial charge >= 0.3 is 0 Å². The minimum Gasteiger partial charge on any atom is -0.375 e. The Bertz CT molecular complexity index is 885. The van der Waals surface area contributed by atoms with Crippen molar-refractivity contribution in [2.45, 2.75) is 31.3 Å². The molecule has 0 radical (unpaired) electrons. The third-order valence-electron chi connectivity index (χ3n) is 4.28. The Balaban J connectivity index is 1.84. The van der Waals surface area contributed by atoms with Crippen molar-refractivity contribution in [3.63, 3.8) is 0 Å². The van der Waals surface area contributed by atoms with Gasteiger partial charge in [-0.05, 0) is 50.1 Å². The van der Waals surface area contributed by atoms with E-state index in [-0.39, 0.29) is 0 Å². The summed E-state index contributed by atoms with van der Waals surface area (Å²) in [6, 6.07) is 18.2. The summed E-state index contributed by atoms with van der Waals surface area (Å²) < 4.78 is 12.4. The number of benzene rings is 2. The van der Waals surface area contributed by atoms with Gasteiger partial charge in [-0.1, -0.05) is 29.8 Å². The molecule has 0 saturated heterocycles. The number of nitrogens with zero attached hydrogens (tertiary/aromatic N) is 2. The molecule has 29 heavy (non-hydrogen) atoms. The second-order valence-corrected chi connectivity index (χ2v) is 7.64. The van der Waals surface area contributed by atoms with Crippen LogP contribution in [0.1, 0.15) is 24.1 Å². The number of rotatable bonds is 11. The van der Waals surface area contributed by atoms with E-state index < -0.39 is 0 Å². The molecule has 0 fully saturated rings. The molecule has 1 heterocycles. The van der Waals surface area contributed by atoms with Gasteiger partial charge in [0.05, 0.1) is 35.7 Å². The Morgan fingerprint density at radius 3 is 2.52 bits per heavy atom. The van der Waals surface area contributed by atoms with E-state index in [1.54, 1.807) is 0 Å². The summed E-state index contributed by atoms with van der Waals surface area (Å²) in [5.74, 6) is 5.55. The molecule has 2 N–H and O–H groups in total. The van der Waals surface area contributed by atoms with E-state index in [4.69, 9.17) is 31.7 Å². The second-order valence-electron chi connectivity index (χ2n) is 6.49. The molecular weight excluding hydrogens is 410 g/mol. The topological polar surface area (TPSA) is 71.5 Å². The maximum Gasteiger partial charge on any atom is 0.0906 e. The van der Waals surface area contributed by atoms with Crippen LogP contribution in [0.15, 0.2) is 59.5 Å². The van der Waals surface area contributed by atoms with Crippen LogP contribution in [0.3, 0.4) is 0 Å². The van der Waals surface area contributed by atoms with Gasteiger partial charge in [0.2, 0.25) is 0 Å². The van der Waals surface area contributed by atoms with Crippen LogP contribution in [0.25, 0.3) is 16.9 Å². The minimum absolute atomic E-state index is 0.462. The first-order valence-electron chi connectivity index (χ1n) is 9.31. The number of alkyl halides is 1. The first-order chi connectivity index (χ1) is 14.2. The van der Waals surface area contributed by atoms with Gasteiger partial charge in [-0.3, -0.25) is 0 Å². The summed E-state index contributed by atoms with van der Waals surface area (Å²) in [4.78, 5) is 5.00. The molecule has 0 spiro atoms. The van der Waals surface area contributed by atoms with Gasteiger partial charge in [-0.25, -0.2) is 4.68 Å². The molecule has 3 rings (SSSR count). The Hall–Kier alpha value is -1.87. The summed E-state index contributed by atoms with van der Waals surface area (Å²) in [5.41, 5.74) is 5.13. The lowest BCUT2D eigenvalue weighted by atomic mass is 10.1. The molecular formula is C21H24ClN3O3S. The SMILES string of the molecule is Cc1ccc(-c2cc(COCCCCCl)nn2-c2ccc(SOON)cc2)cc1. The highest BCUT2D eigenvalue weighted by Gasteiger charge is 2.12. The number of hydrogen-bond donors (Lipinski definition) is 1. The molecule has 2 aromatic carbocycles. The number of nitrogens with two attached hydrogens (primary N) is 1. The summed E-state index contributed by atoms with van der Waals surface area (Å²) in [6.07, 6.45) is 1.90. The highest BCUT2D eigenvalue weighted by molar-refractivity contribution is 7.94. The maximum absolute atomic E-state index is 5.76. The van der Waals surface area contributed by atoms with E-state index >= 15 is 0 Å². The van der Waals surface area contributed by atoms with Crippen LogP contribution in [0, 0.1) is 6.92 Å². The van der Waals surface area contributed by atoms with Crippen LogP contribution in [0.5, 0.6) is 0 Å². The number of aryl methyl sites for hydroxylation is 1. The summed E-state index contributed by atoms with van der Waals surface area (Å²) in [6.45, 7) is 3.21. The van der Waals surface area contributed by atoms with Crippen LogP contribution in [0.2, 0.25) is 0 Å². The molecule has 0 atom stereocenters. The Kier molecular flexibility index (Phi) is 8.54. The Labute approximate surface area is 180 Å². The van der Waals surface area contributed by atoms with E-state index in [0.29, 0.717) is 19.1 Å². The van der Waals surface area contributed by atoms with Crippen LogP contribution in [-0.4, -0.2) is 22.3 Å². The predicted molar refractivity (Wildman–Crippen MR) is 116 cm³/mol. The van der Waals surface area contributed by atoms with Crippen molar-refractivity contribution in [2.24, 2.45) is 5.90 Å². The zero-order chi connectivity index (χ0) is 20.5. The van der Waals surface area contributed by atoms with Gasteiger partial charge in [0.15, 0.2) is 0 Å². The zero-order valence-electron chi connectivity index (χ0n) is 16.2. The van der Waals surface area contributed by atoms with Crippen LogP contribution >= 0.6 is 23.6 Å². The zero-order valence-corrected chi connectivity index (χ0v) is 17.8. The molecule has 0 aliphatic rings. The quantitative estimate of drug-likeness (QED) is 0.147. The van der Waals surface area contributed by atoms with Crippen LogP contribution in [0.4, 0.5) is 0 Å². The van der Waals surface area contributed by atoms with Gasteiger partial charge in [-0.15, -0.1) is 20.9 Å². The third-order valence-corrected chi connectivity index (χ3v) is 5.16. The smallest absolute Gasteiger partial charge is 0.0906 e. The van der Waals surface area contributed by atoms with Crippen LogP contribution < -0.4 is 5.90 Å². The maximum atomic E-state index is 5.76. The van der Waals surface area contributed by atoms with Gasteiger partial charge in [0.1, 0.15) is 0 Å². The van der Waals surface area contributed by atoms with Crippen molar-refractivity contribution in [2.75, 3.05) is 12.5 Å². The fraction of sp³-hybridized carbons (Fsp3) is 0.286. The molecule has 6 nitrogen and oxygen atoms in total. The molecule has 0 aliphatic heterocycles. The highest BCUT2D eigenvalue weighted by atomic mass is 35.5. The van der Waals surface area contributed by atoms with Crippen LogP contribution in [-0.2, 0) is 20.7 Å².